The highest BCUT2D eigenvalue weighted by Crippen LogP contribution is 2.35. The average Bonchev–Trinajstić information content (AvgIpc) is 2.93. The Kier molecular flexibility index (Phi) is 8.57. The fourth-order valence-electron chi connectivity index (χ4n) is 4.16. The minimum absolute atomic E-state index is 0.199. The molecule has 0 fully saturated rings. The molecule has 186 valence electrons. The number of ether oxygens (including phenoxy) is 2. The van der Waals surface area contributed by atoms with Gasteiger partial charge in [-0.05, 0) is 37.1 Å². The summed E-state index contributed by atoms with van der Waals surface area (Å²) in [6.45, 7) is 3.95. The molecule has 0 bridgehead atoms. The SMILES string of the molecule is CCOC(=O)C1=C(C)NC(c2ccccc2)=C(C(=O)OCCc2ccccc2)C1C#Cc1ccccc1. The number of hydrogen-bond donors (Lipinski definition) is 1. The Morgan fingerprint density at radius 1 is 0.811 bits per heavy atom. The van der Waals surface area contributed by atoms with Gasteiger partial charge in [0, 0.05) is 17.7 Å². The van der Waals surface area contributed by atoms with E-state index in [2.05, 4.69) is 17.2 Å². The molecule has 0 saturated heterocycles. The highest BCUT2D eigenvalue weighted by Gasteiger charge is 2.37. The second kappa shape index (κ2) is 12.4. The third-order valence-electron chi connectivity index (χ3n) is 5.94. The molecule has 1 N–H and O–H groups in total. The molecule has 5 heteroatoms. The minimum Gasteiger partial charge on any atom is -0.463 e. The summed E-state index contributed by atoms with van der Waals surface area (Å²) in [5.41, 5.74) is 4.40. The zero-order valence-electron chi connectivity index (χ0n) is 21.0. The van der Waals surface area contributed by atoms with E-state index >= 15 is 0 Å². The molecular formula is C32H29NO4. The molecule has 0 radical (unpaired) electrons. The smallest absolute Gasteiger partial charge is 0.337 e. The summed E-state index contributed by atoms with van der Waals surface area (Å²) >= 11 is 0. The Labute approximate surface area is 217 Å². The van der Waals surface area contributed by atoms with E-state index in [-0.39, 0.29) is 18.8 Å². The molecular weight excluding hydrogens is 462 g/mol. The van der Waals surface area contributed by atoms with Crippen molar-refractivity contribution in [2.24, 2.45) is 5.92 Å². The zero-order chi connectivity index (χ0) is 26.0. The number of dihydropyridines is 1. The van der Waals surface area contributed by atoms with E-state index in [1.807, 2.05) is 91.0 Å². The van der Waals surface area contributed by atoms with Gasteiger partial charge in [0.1, 0.15) is 0 Å². The number of allylic oxidation sites excluding steroid dienone is 1. The number of esters is 2. The molecule has 1 atom stereocenters. The van der Waals surface area contributed by atoms with Crippen molar-refractivity contribution in [3.05, 3.63) is 125 Å². The van der Waals surface area contributed by atoms with Gasteiger partial charge in [0.05, 0.1) is 36.0 Å². The van der Waals surface area contributed by atoms with Crippen LogP contribution in [-0.2, 0) is 25.5 Å². The third-order valence-corrected chi connectivity index (χ3v) is 5.94. The second-order valence-electron chi connectivity index (χ2n) is 8.48. The van der Waals surface area contributed by atoms with Gasteiger partial charge in [-0.25, -0.2) is 9.59 Å². The van der Waals surface area contributed by atoms with Crippen molar-refractivity contribution in [2.75, 3.05) is 13.2 Å². The molecule has 37 heavy (non-hydrogen) atoms. The Morgan fingerprint density at radius 2 is 1.41 bits per heavy atom. The quantitative estimate of drug-likeness (QED) is 0.359. The highest BCUT2D eigenvalue weighted by molar-refractivity contribution is 6.04. The van der Waals surface area contributed by atoms with Crippen molar-refractivity contribution in [3.63, 3.8) is 0 Å². The Balaban J connectivity index is 1.77. The van der Waals surface area contributed by atoms with Crippen LogP contribution in [0.4, 0.5) is 0 Å². The van der Waals surface area contributed by atoms with Gasteiger partial charge in [0.15, 0.2) is 0 Å². The van der Waals surface area contributed by atoms with Crippen molar-refractivity contribution < 1.29 is 19.1 Å². The molecule has 0 saturated carbocycles. The molecule has 1 heterocycles. The van der Waals surface area contributed by atoms with E-state index in [4.69, 9.17) is 9.47 Å². The molecule has 0 aromatic heterocycles. The molecule has 0 amide bonds. The average molecular weight is 492 g/mol. The topological polar surface area (TPSA) is 64.6 Å². The van der Waals surface area contributed by atoms with Crippen LogP contribution in [0.3, 0.4) is 0 Å². The largest absolute Gasteiger partial charge is 0.463 e. The van der Waals surface area contributed by atoms with Crippen molar-refractivity contribution in [1.29, 1.82) is 0 Å². The van der Waals surface area contributed by atoms with Crippen LogP contribution in [0, 0.1) is 17.8 Å². The number of hydrogen-bond acceptors (Lipinski definition) is 5. The lowest BCUT2D eigenvalue weighted by Gasteiger charge is -2.29. The summed E-state index contributed by atoms with van der Waals surface area (Å²) in [7, 11) is 0. The van der Waals surface area contributed by atoms with E-state index in [0.717, 1.165) is 16.7 Å². The summed E-state index contributed by atoms with van der Waals surface area (Å²) < 4.78 is 11.1. The lowest BCUT2D eigenvalue weighted by Crippen LogP contribution is -2.33. The maximum atomic E-state index is 13.7. The molecule has 3 aromatic rings. The number of benzene rings is 3. The second-order valence-corrected chi connectivity index (χ2v) is 8.48. The van der Waals surface area contributed by atoms with Gasteiger partial charge in [-0.3, -0.25) is 0 Å². The third kappa shape index (κ3) is 6.36. The van der Waals surface area contributed by atoms with Crippen molar-refractivity contribution in [2.45, 2.75) is 20.3 Å². The van der Waals surface area contributed by atoms with Crippen LogP contribution in [0.15, 0.2) is 108 Å². The van der Waals surface area contributed by atoms with Gasteiger partial charge in [-0.2, -0.15) is 0 Å². The van der Waals surface area contributed by atoms with Gasteiger partial charge >= 0.3 is 11.9 Å². The zero-order valence-corrected chi connectivity index (χ0v) is 21.0. The standard InChI is InChI=1S/C32H29NO4/c1-3-36-31(34)28-23(2)33-30(26-17-11-6-12-18-26)29(27(28)20-19-24-13-7-4-8-14-24)32(35)37-22-21-25-15-9-5-10-16-25/h4-18,27,33H,3,21-22H2,1-2H3. The fourth-order valence-corrected chi connectivity index (χ4v) is 4.16. The number of rotatable bonds is 7. The predicted molar refractivity (Wildman–Crippen MR) is 144 cm³/mol. The lowest BCUT2D eigenvalue weighted by atomic mass is 9.84. The summed E-state index contributed by atoms with van der Waals surface area (Å²) in [4.78, 5) is 26.7. The van der Waals surface area contributed by atoms with Crippen LogP contribution in [0.1, 0.15) is 30.5 Å². The van der Waals surface area contributed by atoms with Crippen molar-refractivity contribution in [3.8, 4) is 11.8 Å². The normalized spacial score (nSPS) is 14.8. The fraction of sp³-hybridized carbons (Fsp3) is 0.188. The Bertz CT molecular complexity index is 1360. The molecule has 0 spiro atoms. The summed E-state index contributed by atoms with van der Waals surface area (Å²) in [6.07, 6.45) is 0.577. The first-order valence-corrected chi connectivity index (χ1v) is 12.3. The van der Waals surface area contributed by atoms with E-state index < -0.39 is 17.9 Å². The maximum absolute atomic E-state index is 13.7. The first kappa shape index (κ1) is 25.5. The summed E-state index contributed by atoms with van der Waals surface area (Å²) in [5.74, 6) is 4.46. The lowest BCUT2D eigenvalue weighted by molar-refractivity contribution is -0.139. The van der Waals surface area contributed by atoms with Gasteiger partial charge in [0.2, 0.25) is 0 Å². The first-order valence-electron chi connectivity index (χ1n) is 12.3. The van der Waals surface area contributed by atoms with Gasteiger partial charge < -0.3 is 14.8 Å². The minimum atomic E-state index is -0.833. The van der Waals surface area contributed by atoms with Crippen LogP contribution in [-0.4, -0.2) is 25.2 Å². The number of nitrogens with one attached hydrogen (secondary N) is 1. The molecule has 1 aliphatic rings. The summed E-state index contributed by atoms with van der Waals surface area (Å²) in [5, 5.41) is 3.28. The van der Waals surface area contributed by atoms with Gasteiger partial charge in [0.25, 0.3) is 0 Å². The highest BCUT2D eigenvalue weighted by atomic mass is 16.5. The Hall–Kier alpha value is -4.56. The Morgan fingerprint density at radius 3 is 2.05 bits per heavy atom. The van der Waals surface area contributed by atoms with E-state index in [9.17, 15) is 9.59 Å². The maximum Gasteiger partial charge on any atom is 0.337 e. The van der Waals surface area contributed by atoms with Crippen molar-refractivity contribution in [1.82, 2.24) is 5.32 Å². The van der Waals surface area contributed by atoms with Crippen LogP contribution in [0.2, 0.25) is 0 Å². The van der Waals surface area contributed by atoms with E-state index in [1.54, 1.807) is 13.8 Å². The predicted octanol–water partition coefficient (Wildman–Crippen LogP) is 5.29. The van der Waals surface area contributed by atoms with E-state index in [1.165, 1.54) is 0 Å². The molecule has 3 aromatic carbocycles. The molecule has 0 aliphatic carbocycles. The van der Waals surface area contributed by atoms with Gasteiger partial charge in [-0.1, -0.05) is 90.7 Å². The molecule has 1 aliphatic heterocycles. The molecule has 5 nitrogen and oxygen atoms in total. The van der Waals surface area contributed by atoms with Crippen LogP contribution in [0.25, 0.3) is 5.70 Å². The van der Waals surface area contributed by atoms with Crippen LogP contribution < -0.4 is 5.32 Å². The monoisotopic (exact) mass is 491 g/mol. The molecule has 1 unspecified atom stereocenters. The van der Waals surface area contributed by atoms with Gasteiger partial charge in [-0.15, -0.1) is 0 Å². The number of carbonyl (C=O) groups excluding carboxylic acids is 2. The first-order chi connectivity index (χ1) is 18.1. The summed E-state index contributed by atoms with van der Waals surface area (Å²) in [6, 6.07) is 28.8. The van der Waals surface area contributed by atoms with Crippen molar-refractivity contribution >= 4 is 17.6 Å². The number of carbonyl (C=O) groups is 2. The molecule has 4 rings (SSSR count). The van der Waals surface area contributed by atoms with Crippen LogP contribution >= 0.6 is 0 Å². The van der Waals surface area contributed by atoms with Crippen LogP contribution in [0.5, 0.6) is 0 Å². The van der Waals surface area contributed by atoms with E-state index in [0.29, 0.717) is 23.4 Å².